The van der Waals surface area contributed by atoms with E-state index in [2.05, 4.69) is 10.3 Å². The Labute approximate surface area is 165 Å². The highest BCUT2D eigenvalue weighted by atomic mass is 16.6. The Hall–Kier alpha value is -3.15. The summed E-state index contributed by atoms with van der Waals surface area (Å²) in [7, 11) is 2.70. The highest BCUT2D eigenvalue weighted by molar-refractivity contribution is 6.43. The van der Waals surface area contributed by atoms with Crippen molar-refractivity contribution in [2.24, 2.45) is 10.3 Å². The Morgan fingerprint density at radius 3 is 2.46 bits per heavy atom. The van der Waals surface area contributed by atoms with E-state index in [4.69, 9.17) is 14.4 Å². The molecule has 0 atom stereocenters. The average Bonchev–Trinajstić information content (AvgIpc) is 2.71. The molecule has 0 saturated carbocycles. The number of oxime groups is 2. The Morgan fingerprint density at radius 2 is 1.82 bits per heavy atom. The van der Waals surface area contributed by atoms with Crippen LogP contribution in [0.3, 0.4) is 0 Å². The Balaban J connectivity index is 2.33. The molecule has 2 rings (SSSR count). The number of aryl methyl sites for hydroxylation is 2. The second-order valence-corrected chi connectivity index (χ2v) is 6.23. The molecule has 0 fully saturated rings. The molecule has 0 aliphatic carbocycles. The minimum Gasteiger partial charge on any atom is -0.464 e. The van der Waals surface area contributed by atoms with E-state index >= 15 is 0 Å². The van der Waals surface area contributed by atoms with Crippen LogP contribution in [0, 0.1) is 6.92 Å². The summed E-state index contributed by atoms with van der Waals surface area (Å²) in [5.41, 5.74) is 5.50. The third kappa shape index (κ3) is 5.19. The van der Waals surface area contributed by atoms with Gasteiger partial charge in [0, 0.05) is 11.1 Å². The topological polar surface area (TPSA) is 69.5 Å². The first-order valence-electron chi connectivity index (χ1n) is 9.06. The monoisotopic (exact) mass is 382 g/mol. The van der Waals surface area contributed by atoms with Gasteiger partial charge in [0.1, 0.15) is 13.7 Å². The maximum absolute atomic E-state index is 12.2. The van der Waals surface area contributed by atoms with Gasteiger partial charge in [0.05, 0.1) is 12.8 Å². The molecule has 0 N–H and O–H groups in total. The van der Waals surface area contributed by atoms with E-state index < -0.39 is 5.97 Å². The second kappa shape index (κ2) is 10.3. The van der Waals surface area contributed by atoms with Gasteiger partial charge < -0.3 is 14.4 Å². The third-order valence-electron chi connectivity index (χ3n) is 4.32. The number of hydrogen-bond donors (Lipinski definition) is 0. The molecule has 0 amide bonds. The van der Waals surface area contributed by atoms with Gasteiger partial charge in [-0.25, -0.2) is 4.79 Å². The van der Waals surface area contributed by atoms with Gasteiger partial charge in [-0.05, 0) is 31.4 Å². The molecule has 0 aliphatic rings. The van der Waals surface area contributed by atoms with Crippen LogP contribution < -0.4 is 0 Å². The summed E-state index contributed by atoms with van der Waals surface area (Å²) in [4.78, 5) is 22.6. The largest absolute Gasteiger partial charge is 0.464 e. The summed E-state index contributed by atoms with van der Waals surface area (Å²) >= 11 is 0. The number of esters is 1. The van der Waals surface area contributed by atoms with Gasteiger partial charge >= 0.3 is 5.97 Å². The van der Waals surface area contributed by atoms with Gasteiger partial charge in [-0.3, -0.25) is 0 Å². The summed E-state index contributed by atoms with van der Waals surface area (Å²) < 4.78 is 4.84. The van der Waals surface area contributed by atoms with Crippen LogP contribution in [0.25, 0.3) is 0 Å². The van der Waals surface area contributed by atoms with Gasteiger partial charge in [0.2, 0.25) is 0 Å². The van der Waals surface area contributed by atoms with Crippen molar-refractivity contribution in [3.8, 4) is 0 Å². The molecule has 0 spiro atoms. The molecule has 2 aromatic rings. The van der Waals surface area contributed by atoms with E-state index in [0.717, 1.165) is 34.4 Å². The lowest BCUT2D eigenvalue weighted by Gasteiger charge is -2.14. The smallest absolute Gasteiger partial charge is 0.360 e. The molecule has 0 saturated heterocycles. The Bertz CT molecular complexity index is 888. The van der Waals surface area contributed by atoms with Crippen molar-refractivity contribution < 1.29 is 19.2 Å². The molecule has 2 aromatic carbocycles. The van der Waals surface area contributed by atoms with E-state index in [-0.39, 0.29) is 12.3 Å². The molecule has 0 radical (unpaired) electrons. The molecular formula is C22H26N2O4. The van der Waals surface area contributed by atoms with Crippen LogP contribution in [-0.2, 0) is 32.2 Å². The number of nitrogens with zero attached hydrogens (tertiary/aromatic N) is 2. The number of methoxy groups -OCH3 is 1. The van der Waals surface area contributed by atoms with Gasteiger partial charge in [0.25, 0.3) is 0 Å². The first-order chi connectivity index (χ1) is 13.5. The zero-order valence-corrected chi connectivity index (χ0v) is 17.0. The highest BCUT2D eigenvalue weighted by Crippen LogP contribution is 2.19. The van der Waals surface area contributed by atoms with E-state index in [0.29, 0.717) is 5.56 Å². The number of rotatable bonds is 8. The van der Waals surface area contributed by atoms with Crippen LogP contribution >= 0.6 is 0 Å². The van der Waals surface area contributed by atoms with Crippen molar-refractivity contribution in [1.29, 1.82) is 0 Å². The predicted molar refractivity (Wildman–Crippen MR) is 110 cm³/mol. The normalized spacial score (nSPS) is 11.9. The van der Waals surface area contributed by atoms with Crippen LogP contribution in [-0.4, -0.2) is 31.6 Å². The molecule has 6 nitrogen and oxygen atoms in total. The van der Waals surface area contributed by atoms with E-state index in [1.807, 2.05) is 57.2 Å². The average molecular weight is 382 g/mol. The SMILES string of the molecule is CCc1cccc(/C(=N\OC)C(=O)OC)c1CO/N=C(\C)c1cccc(C)c1. The summed E-state index contributed by atoms with van der Waals surface area (Å²) in [6, 6.07) is 13.7. The molecule has 6 heteroatoms. The van der Waals surface area contributed by atoms with Crippen molar-refractivity contribution in [1.82, 2.24) is 0 Å². The molecule has 0 aromatic heterocycles. The fraction of sp³-hybridized carbons (Fsp3) is 0.318. The van der Waals surface area contributed by atoms with Crippen LogP contribution in [0.15, 0.2) is 52.8 Å². The summed E-state index contributed by atoms with van der Waals surface area (Å²) in [5, 5.41) is 8.10. The van der Waals surface area contributed by atoms with Crippen molar-refractivity contribution in [2.75, 3.05) is 14.2 Å². The van der Waals surface area contributed by atoms with Gasteiger partial charge in [-0.1, -0.05) is 65.3 Å². The second-order valence-electron chi connectivity index (χ2n) is 6.23. The predicted octanol–water partition coefficient (Wildman–Crippen LogP) is 4.02. The minimum atomic E-state index is -0.573. The number of carbonyl (C=O) groups is 1. The minimum absolute atomic E-state index is 0.0956. The molecule has 0 unspecified atom stereocenters. The molecule has 0 aliphatic heterocycles. The third-order valence-corrected chi connectivity index (χ3v) is 4.32. The van der Waals surface area contributed by atoms with E-state index in [9.17, 15) is 4.79 Å². The summed E-state index contributed by atoms with van der Waals surface area (Å²) in [6.07, 6.45) is 0.772. The van der Waals surface area contributed by atoms with Gasteiger partial charge in [-0.2, -0.15) is 0 Å². The number of benzene rings is 2. The Kier molecular flexibility index (Phi) is 7.75. The number of carbonyl (C=O) groups excluding carboxylic acids is 1. The fourth-order valence-electron chi connectivity index (χ4n) is 2.86. The van der Waals surface area contributed by atoms with E-state index in [1.54, 1.807) is 6.07 Å². The lowest BCUT2D eigenvalue weighted by molar-refractivity contribution is -0.132. The maximum atomic E-state index is 12.2. The molecule has 148 valence electrons. The zero-order valence-electron chi connectivity index (χ0n) is 17.0. The van der Waals surface area contributed by atoms with Crippen LogP contribution in [0.5, 0.6) is 0 Å². The molecule has 0 bridgehead atoms. The first kappa shape index (κ1) is 21.2. The maximum Gasteiger partial charge on any atom is 0.360 e. The van der Waals surface area contributed by atoms with Crippen molar-refractivity contribution in [3.63, 3.8) is 0 Å². The lowest BCUT2D eigenvalue weighted by Crippen LogP contribution is -2.20. The van der Waals surface area contributed by atoms with Gasteiger partial charge in [0.15, 0.2) is 5.71 Å². The van der Waals surface area contributed by atoms with E-state index in [1.165, 1.54) is 14.2 Å². The van der Waals surface area contributed by atoms with Crippen molar-refractivity contribution >= 4 is 17.4 Å². The fourth-order valence-corrected chi connectivity index (χ4v) is 2.86. The standard InChI is InChI=1S/C22H26N2O4/c1-6-17-10-8-12-19(21(24-27-5)22(25)26-4)20(17)14-28-23-16(3)18-11-7-9-15(2)13-18/h7-13H,6,14H2,1-5H3/b23-16+,24-21+. The number of hydrogen-bond acceptors (Lipinski definition) is 6. The van der Waals surface area contributed by atoms with Crippen LogP contribution in [0.1, 0.15) is 41.7 Å². The molecular weight excluding hydrogens is 356 g/mol. The van der Waals surface area contributed by atoms with Gasteiger partial charge in [-0.15, -0.1) is 0 Å². The lowest BCUT2D eigenvalue weighted by atomic mass is 9.96. The molecule has 28 heavy (non-hydrogen) atoms. The zero-order chi connectivity index (χ0) is 20.5. The highest BCUT2D eigenvalue weighted by Gasteiger charge is 2.21. The van der Waals surface area contributed by atoms with Crippen LogP contribution in [0.4, 0.5) is 0 Å². The Morgan fingerprint density at radius 1 is 1.07 bits per heavy atom. The number of ether oxygens (including phenoxy) is 1. The first-order valence-corrected chi connectivity index (χ1v) is 9.06. The van der Waals surface area contributed by atoms with Crippen LogP contribution in [0.2, 0.25) is 0 Å². The van der Waals surface area contributed by atoms with Crippen molar-refractivity contribution in [2.45, 2.75) is 33.8 Å². The van der Waals surface area contributed by atoms with Crippen molar-refractivity contribution in [3.05, 3.63) is 70.3 Å². The quantitative estimate of drug-likeness (QED) is 0.393. The molecule has 0 heterocycles. The summed E-state index contributed by atoms with van der Waals surface area (Å²) in [5.74, 6) is -0.573. The summed E-state index contributed by atoms with van der Waals surface area (Å²) in [6.45, 7) is 6.16.